The second kappa shape index (κ2) is 8.13. The van der Waals surface area contributed by atoms with E-state index in [-0.39, 0.29) is 5.75 Å². The van der Waals surface area contributed by atoms with E-state index in [0.29, 0.717) is 12.8 Å². The molecule has 0 radical (unpaired) electrons. The molecule has 1 atom stereocenters. The normalized spacial score (nSPS) is 17.7. The monoisotopic (exact) mass is 409 g/mol. The zero-order chi connectivity index (χ0) is 21.2. The molecule has 0 spiro atoms. The molecule has 31 heavy (non-hydrogen) atoms. The van der Waals surface area contributed by atoms with E-state index in [1.807, 2.05) is 71.8 Å². The van der Waals surface area contributed by atoms with Gasteiger partial charge in [-0.3, -0.25) is 4.90 Å². The molecule has 0 aliphatic carbocycles. The topological polar surface area (TPSA) is 68.1 Å². The third-order valence-corrected chi connectivity index (χ3v) is 5.51. The Morgan fingerprint density at radius 3 is 2.06 bits per heavy atom. The predicted octanol–water partition coefficient (Wildman–Crippen LogP) is 4.02. The molecule has 3 aromatic rings. The standard InChI is InChI=1S/C26H23N3O2/c30-21-13-11-20(12-14-21)24-17-29-25(22(27-24)15-18-7-3-1-4-8-18)28-23(26(29)31)16-19-9-5-2-6-10-19/h1-14,17,26-27,30-31H,15-16H2. The number of phenolic OH excluding ortho intramolecular Hbond substituents is 1. The van der Waals surface area contributed by atoms with Gasteiger partial charge in [-0.2, -0.15) is 0 Å². The summed E-state index contributed by atoms with van der Waals surface area (Å²) in [6, 6.07) is 27.3. The zero-order valence-electron chi connectivity index (χ0n) is 16.9. The van der Waals surface area contributed by atoms with Crippen LogP contribution in [0.5, 0.6) is 5.75 Å². The van der Waals surface area contributed by atoms with Gasteiger partial charge in [0, 0.05) is 19.0 Å². The number of aliphatic hydroxyl groups excluding tert-OH is 1. The van der Waals surface area contributed by atoms with Crippen molar-refractivity contribution in [2.75, 3.05) is 0 Å². The van der Waals surface area contributed by atoms with Crippen LogP contribution in [0.15, 0.2) is 108 Å². The summed E-state index contributed by atoms with van der Waals surface area (Å²) in [5.74, 6) is 0.959. The molecule has 0 bridgehead atoms. The Hall–Kier alpha value is -3.83. The van der Waals surface area contributed by atoms with Crippen LogP contribution < -0.4 is 5.32 Å². The van der Waals surface area contributed by atoms with E-state index in [9.17, 15) is 10.2 Å². The summed E-state index contributed by atoms with van der Waals surface area (Å²) in [4.78, 5) is 6.66. The number of phenols is 1. The molecule has 5 heteroatoms. The van der Waals surface area contributed by atoms with E-state index in [0.717, 1.165) is 39.6 Å². The third kappa shape index (κ3) is 3.96. The molecule has 0 fully saturated rings. The maximum Gasteiger partial charge on any atom is 0.172 e. The number of hydrogen-bond acceptors (Lipinski definition) is 5. The molecule has 3 N–H and O–H groups in total. The summed E-state index contributed by atoms with van der Waals surface area (Å²) in [5.41, 5.74) is 5.69. The molecule has 0 saturated carbocycles. The largest absolute Gasteiger partial charge is 0.508 e. The molecule has 0 amide bonds. The molecule has 2 aliphatic rings. The van der Waals surface area contributed by atoms with Crippen molar-refractivity contribution in [3.63, 3.8) is 0 Å². The van der Waals surface area contributed by atoms with Gasteiger partial charge in [0.1, 0.15) is 5.75 Å². The molecule has 5 nitrogen and oxygen atoms in total. The van der Waals surface area contributed by atoms with E-state index in [4.69, 9.17) is 4.99 Å². The summed E-state index contributed by atoms with van der Waals surface area (Å²) >= 11 is 0. The van der Waals surface area contributed by atoms with Crippen LogP contribution in [-0.4, -0.2) is 27.1 Å². The van der Waals surface area contributed by atoms with Crippen LogP contribution in [-0.2, 0) is 12.8 Å². The SMILES string of the molecule is Oc1ccc(C2=CN3C(=C(Cc4ccccc4)N2)N=C(Cc2ccccc2)C3O)cc1. The molecule has 0 aromatic heterocycles. The third-order valence-electron chi connectivity index (χ3n) is 5.51. The maximum absolute atomic E-state index is 11.1. The number of hydrogen-bond donors (Lipinski definition) is 3. The van der Waals surface area contributed by atoms with Gasteiger partial charge in [-0.15, -0.1) is 0 Å². The molecular weight excluding hydrogens is 386 g/mol. The highest BCUT2D eigenvalue weighted by Crippen LogP contribution is 2.32. The Labute approximate surface area is 181 Å². The Bertz CT molecular complexity index is 1170. The number of aromatic hydroxyl groups is 1. The molecular formula is C26H23N3O2. The summed E-state index contributed by atoms with van der Waals surface area (Å²) in [5, 5.41) is 24.3. The van der Waals surface area contributed by atoms with E-state index in [1.54, 1.807) is 12.1 Å². The quantitative estimate of drug-likeness (QED) is 0.595. The van der Waals surface area contributed by atoms with Crippen LogP contribution in [0.3, 0.4) is 0 Å². The number of fused-ring (bicyclic) bond motifs is 1. The van der Waals surface area contributed by atoms with Crippen molar-refractivity contribution >= 4 is 11.4 Å². The number of benzene rings is 3. The molecule has 1 unspecified atom stereocenters. The summed E-state index contributed by atoms with van der Waals surface area (Å²) in [6.07, 6.45) is 2.32. The molecule has 2 heterocycles. The van der Waals surface area contributed by atoms with E-state index in [1.165, 1.54) is 0 Å². The van der Waals surface area contributed by atoms with E-state index in [2.05, 4.69) is 17.4 Å². The Balaban J connectivity index is 1.52. The Kier molecular flexibility index (Phi) is 5.02. The van der Waals surface area contributed by atoms with Crippen molar-refractivity contribution < 1.29 is 10.2 Å². The second-order valence-corrected chi connectivity index (χ2v) is 7.73. The molecule has 2 aliphatic heterocycles. The predicted molar refractivity (Wildman–Crippen MR) is 122 cm³/mol. The number of aliphatic hydroxyl groups is 1. The first kappa shape index (κ1) is 19.2. The van der Waals surface area contributed by atoms with Crippen molar-refractivity contribution in [2.45, 2.75) is 19.1 Å². The van der Waals surface area contributed by atoms with Crippen molar-refractivity contribution in [1.82, 2.24) is 10.2 Å². The second-order valence-electron chi connectivity index (χ2n) is 7.73. The fraction of sp³-hybridized carbons (Fsp3) is 0.115. The smallest absolute Gasteiger partial charge is 0.172 e. The highest BCUT2D eigenvalue weighted by molar-refractivity contribution is 5.93. The van der Waals surface area contributed by atoms with Gasteiger partial charge in [0.2, 0.25) is 0 Å². The van der Waals surface area contributed by atoms with Crippen LogP contribution in [0, 0.1) is 0 Å². The highest BCUT2D eigenvalue weighted by atomic mass is 16.3. The maximum atomic E-state index is 11.1. The zero-order valence-corrected chi connectivity index (χ0v) is 16.9. The average Bonchev–Trinajstić information content (AvgIpc) is 3.11. The van der Waals surface area contributed by atoms with Gasteiger partial charge in [0.15, 0.2) is 12.0 Å². The number of nitrogens with zero attached hydrogens (tertiary/aromatic N) is 2. The number of allylic oxidation sites excluding steroid dienone is 1. The summed E-state index contributed by atoms with van der Waals surface area (Å²) in [6.45, 7) is 0. The number of nitrogens with one attached hydrogen (secondary N) is 1. The number of aliphatic imine (C=N–C) groups is 1. The van der Waals surface area contributed by atoms with Crippen molar-refractivity contribution in [2.24, 2.45) is 4.99 Å². The van der Waals surface area contributed by atoms with Crippen molar-refractivity contribution in [1.29, 1.82) is 0 Å². The van der Waals surface area contributed by atoms with E-state index >= 15 is 0 Å². The molecule has 154 valence electrons. The van der Waals surface area contributed by atoms with Gasteiger partial charge in [-0.25, -0.2) is 4.99 Å². The van der Waals surface area contributed by atoms with Crippen molar-refractivity contribution in [3.8, 4) is 5.75 Å². The average molecular weight is 409 g/mol. The van der Waals surface area contributed by atoms with Crippen LogP contribution in [0.1, 0.15) is 16.7 Å². The van der Waals surface area contributed by atoms with Crippen LogP contribution in [0.2, 0.25) is 0 Å². The van der Waals surface area contributed by atoms with Crippen LogP contribution in [0.25, 0.3) is 5.70 Å². The van der Waals surface area contributed by atoms with Crippen molar-refractivity contribution in [3.05, 3.63) is 119 Å². The lowest BCUT2D eigenvalue weighted by molar-refractivity contribution is 0.129. The minimum absolute atomic E-state index is 0.218. The highest BCUT2D eigenvalue weighted by Gasteiger charge is 2.34. The van der Waals surface area contributed by atoms with Gasteiger partial charge < -0.3 is 15.5 Å². The Morgan fingerprint density at radius 2 is 1.42 bits per heavy atom. The fourth-order valence-corrected chi connectivity index (χ4v) is 3.92. The fourth-order valence-electron chi connectivity index (χ4n) is 3.92. The molecule has 3 aromatic carbocycles. The lowest BCUT2D eigenvalue weighted by atomic mass is 10.1. The lowest BCUT2D eigenvalue weighted by Gasteiger charge is -2.29. The van der Waals surface area contributed by atoms with Gasteiger partial charge in [-0.05, 0) is 41.0 Å². The van der Waals surface area contributed by atoms with Gasteiger partial charge in [-0.1, -0.05) is 60.7 Å². The first-order chi connectivity index (χ1) is 15.2. The molecule has 5 rings (SSSR count). The minimum Gasteiger partial charge on any atom is -0.508 e. The molecule has 0 saturated heterocycles. The first-order valence-electron chi connectivity index (χ1n) is 10.3. The van der Waals surface area contributed by atoms with Gasteiger partial charge in [0.05, 0.1) is 17.1 Å². The lowest BCUT2D eigenvalue weighted by Crippen LogP contribution is -2.36. The number of rotatable bonds is 5. The van der Waals surface area contributed by atoms with Gasteiger partial charge >= 0.3 is 0 Å². The summed E-state index contributed by atoms with van der Waals surface area (Å²) in [7, 11) is 0. The summed E-state index contributed by atoms with van der Waals surface area (Å²) < 4.78 is 0. The minimum atomic E-state index is -0.824. The van der Waals surface area contributed by atoms with Gasteiger partial charge in [0.25, 0.3) is 0 Å². The first-order valence-corrected chi connectivity index (χ1v) is 10.3. The van der Waals surface area contributed by atoms with E-state index < -0.39 is 6.23 Å². The Morgan fingerprint density at radius 1 is 0.806 bits per heavy atom. The van der Waals surface area contributed by atoms with Crippen LogP contribution in [0.4, 0.5) is 0 Å². The van der Waals surface area contributed by atoms with Crippen LogP contribution >= 0.6 is 0 Å².